The van der Waals surface area contributed by atoms with Crippen LogP contribution in [0.5, 0.6) is 5.75 Å². The van der Waals surface area contributed by atoms with Gasteiger partial charge in [0.2, 0.25) is 0 Å². The van der Waals surface area contributed by atoms with E-state index in [0.717, 1.165) is 62.7 Å². The largest absolute Gasteiger partial charge is 0.494 e. The fraction of sp³-hybridized carbons (Fsp3) is 0.667. The van der Waals surface area contributed by atoms with Gasteiger partial charge in [-0.25, -0.2) is 0 Å². The van der Waals surface area contributed by atoms with Crippen molar-refractivity contribution in [2.45, 2.75) is 143 Å². The summed E-state index contributed by atoms with van der Waals surface area (Å²) in [4.78, 5) is 0. The van der Waals surface area contributed by atoms with Gasteiger partial charge in [-0.15, -0.1) is 0 Å². The Morgan fingerprint density at radius 3 is 1.93 bits per heavy atom. The van der Waals surface area contributed by atoms with Crippen molar-refractivity contribution in [1.82, 2.24) is 0 Å². The molecule has 0 saturated heterocycles. The Balaban J connectivity index is 1.39. The number of unbranched alkanes of at least 4 members (excludes halogenated alkanes) is 7. The maximum atomic E-state index is 10.1. The van der Waals surface area contributed by atoms with Crippen molar-refractivity contribution < 1.29 is 4.74 Å². The van der Waals surface area contributed by atoms with Gasteiger partial charge in [-0.2, -0.15) is 5.26 Å². The molecule has 2 heteroatoms. The van der Waals surface area contributed by atoms with Crippen molar-refractivity contribution in [1.29, 1.82) is 5.26 Å². The third-order valence-electron chi connectivity index (χ3n) is 9.61. The highest BCUT2D eigenvalue weighted by molar-refractivity contribution is 5.64. The maximum Gasteiger partial charge on any atom is 0.119 e. The molecule has 226 valence electrons. The average Bonchev–Trinajstić information content (AvgIpc) is 3.00. The van der Waals surface area contributed by atoms with Crippen molar-refractivity contribution >= 4 is 0 Å². The Morgan fingerprint density at radius 2 is 1.34 bits per heavy atom. The molecule has 0 N–H and O–H groups in total. The number of hydrogen-bond acceptors (Lipinski definition) is 2. The molecule has 1 aliphatic carbocycles. The summed E-state index contributed by atoms with van der Waals surface area (Å²) in [6, 6.07) is 20.6. The summed E-state index contributed by atoms with van der Waals surface area (Å²) in [5.74, 6) is 3.09. The topological polar surface area (TPSA) is 33.0 Å². The van der Waals surface area contributed by atoms with Crippen LogP contribution in [-0.2, 0) is 0 Å². The third kappa shape index (κ3) is 11.9. The zero-order valence-corrected chi connectivity index (χ0v) is 26.9. The van der Waals surface area contributed by atoms with Gasteiger partial charge in [0.25, 0.3) is 0 Å². The van der Waals surface area contributed by atoms with Crippen molar-refractivity contribution in [2.75, 3.05) is 6.61 Å². The van der Waals surface area contributed by atoms with Gasteiger partial charge >= 0.3 is 0 Å². The van der Waals surface area contributed by atoms with E-state index in [-0.39, 0.29) is 5.41 Å². The molecular weight excluding hydrogens is 498 g/mol. The van der Waals surface area contributed by atoms with Crippen LogP contribution in [0.2, 0.25) is 0 Å². The standard InChI is InChI=1S/C39H59NO/c1-5-6-7-8-9-10-11-12-30-41-38-22-20-36(21-23-38)34-16-18-35(19-17-34)37-25-28-39(31-40,29-26-37)27-24-33(4)15-13-14-32(2)3/h16-23,32-33,37H,5-15,24-30H2,1-4H3. The van der Waals surface area contributed by atoms with Crippen LogP contribution in [0.25, 0.3) is 11.1 Å². The van der Waals surface area contributed by atoms with Gasteiger partial charge < -0.3 is 4.74 Å². The van der Waals surface area contributed by atoms with E-state index in [0.29, 0.717) is 5.92 Å². The van der Waals surface area contributed by atoms with Crippen molar-refractivity contribution in [3.8, 4) is 22.9 Å². The minimum atomic E-state index is -0.0964. The predicted octanol–water partition coefficient (Wildman–Crippen LogP) is 12.3. The third-order valence-corrected chi connectivity index (χ3v) is 9.61. The molecule has 0 heterocycles. The van der Waals surface area contributed by atoms with Crippen molar-refractivity contribution in [2.24, 2.45) is 17.3 Å². The van der Waals surface area contributed by atoms with Crippen molar-refractivity contribution in [3.63, 3.8) is 0 Å². The number of benzene rings is 2. The lowest BCUT2D eigenvalue weighted by atomic mass is 9.67. The van der Waals surface area contributed by atoms with Crippen LogP contribution in [0.15, 0.2) is 48.5 Å². The summed E-state index contributed by atoms with van der Waals surface area (Å²) >= 11 is 0. The average molecular weight is 558 g/mol. The Kier molecular flexibility index (Phi) is 14.8. The highest BCUT2D eigenvalue weighted by atomic mass is 16.5. The first-order valence-electron chi connectivity index (χ1n) is 17.2. The second-order valence-corrected chi connectivity index (χ2v) is 13.6. The lowest BCUT2D eigenvalue weighted by Gasteiger charge is -2.36. The highest BCUT2D eigenvalue weighted by Gasteiger charge is 2.35. The van der Waals surface area contributed by atoms with E-state index in [1.165, 1.54) is 87.3 Å². The van der Waals surface area contributed by atoms with Crippen LogP contribution in [0.3, 0.4) is 0 Å². The number of hydrogen-bond donors (Lipinski definition) is 0. The van der Waals surface area contributed by atoms with Gasteiger partial charge in [-0.1, -0.05) is 128 Å². The number of nitrogens with zero attached hydrogens (tertiary/aromatic N) is 1. The predicted molar refractivity (Wildman–Crippen MR) is 176 cm³/mol. The molecule has 0 spiro atoms. The van der Waals surface area contributed by atoms with E-state index >= 15 is 0 Å². The van der Waals surface area contributed by atoms with Crippen LogP contribution < -0.4 is 4.74 Å². The first-order chi connectivity index (χ1) is 19.9. The Hall–Kier alpha value is -2.27. The Labute approximate surface area is 253 Å². The van der Waals surface area contributed by atoms with Crippen molar-refractivity contribution in [3.05, 3.63) is 54.1 Å². The van der Waals surface area contributed by atoms with E-state index in [2.05, 4.69) is 82.3 Å². The van der Waals surface area contributed by atoms with Gasteiger partial charge in [-0.3, -0.25) is 0 Å². The lowest BCUT2D eigenvalue weighted by molar-refractivity contribution is 0.211. The molecule has 0 bridgehead atoms. The molecule has 2 aromatic carbocycles. The summed E-state index contributed by atoms with van der Waals surface area (Å²) in [6.45, 7) is 10.1. The number of nitriles is 1. The van der Waals surface area contributed by atoms with E-state index in [4.69, 9.17) is 4.74 Å². The first kappa shape index (κ1) is 33.2. The van der Waals surface area contributed by atoms with Crippen LogP contribution in [-0.4, -0.2) is 6.61 Å². The van der Waals surface area contributed by atoms with E-state index in [1.54, 1.807) is 0 Å². The van der Waals surface area contributed by atoms with Crippen LogP contribution in [0.4, 0.5) is 0 Å². The zero-order chi connectivity index (χ0) is 29.3. The van der Waals surface area contributed by atoms with Gasteiger partial charge in [0.15, 0.2) is 0 Å². The van der Waals surface area contributed by atoms with Gasteiger partial charge in [0, 0.05) is 0 Å². The second-order valence-electron chi connectivity index (χ2n) is 13.6. The lowest BCUT2D eigenvalue weighted by Crippen LogP contribution is -2.26. The molecule has 1 atom stereocenters. The Bertz CT molecular complexity index is 991. The summed E-state index contributed by atoms with van der Waals surface area (Å²) in [5, 5.41) is 10.1. The normalized spacial score (nSPS) is 19.7. The quantitative estimate of drug-likeness (QED) is 0.161. The van der Waals surface area contributed by atoms with Gasteiger partial charge in [-0.05, 0) is 91.5 Å². The first-order valence-corrected chi connectivity index (χ1v) is 17.2. The van der Waals surface area contributed by atoms with E-state index in [1.807, 2.05) is 0 Å². The second kappa shape index (κ2) is 18.3. The molecule has 1 aliphatic rings. The minimum Gasteiger partial charge on any atom is -0.494 e. The molecule has 0 radical (unpaired) electrons. The molecule has 41 heavy (non-hydrogen) atoms. The van der Waals surface area contributed by atoms with E-state index in [9.17, 15) is 5.26 Å². The fourth-order valence-electron chi connectivity index (χ4n) is 6.58. The SMILES string of the molecule is CCCCCCCCCCOc1ccc(-c2ccc(C3CCC(C#N)(CCC(C)CCCC(C)C)CC3)cc2)cc1. The fourth-order valence-corrected chi connectivity index (χ4v) is 6.58. The van der Waals surface area contributed by atoms with Gasteiger partial charge in [0.05, 0.1) is 18.1 Å². The number of ether oxygens (including phenoxy) is 1. The van der Waals surface area contributed by atoms with E-state index < -0.39 is 0 Å². The van der Waals surface area contributed by atoms with Crippen LogP contribution in [0, 0.1) is 28.6 Å². The molecule has 0 aromatic heterocycles. The number of rotatable bonds is 19. The van der Waals surface area contributed by atoms with Gasteiger partial charge in [0.1, 0.15) is 5.75 Å². The smallest absolute Gasteiger partial charge is 0.119 e. The summed E-state index contributed by atoms with van der Waals surface area (Å²) in [5.41, 5.74) is 3.84. The monoisotopic (exact) mass is 557 g/mol. The summed E-state index contributed by atoms with van der Waals surface area (Å²) in [6.07, 6.45) is 21.2. The summed E-state index contributed by atoms with van der Waals surface area (Å²) < 4.78 is 6.00. The Morgan fingerprint density at radius 1 is 0.756 bits per heavy atom. The van der Waals surface area contributed by atoms with Crippen LogP contribution >= 0.6 is 0 Å². The molecule has 2 nitrogen and oxygen atoms in total. The maximum absolute atomic E-state index is 10.1. The molecule has 2 aromatic rings. The zero-order valence-electron chi connectivity index (χ0n) is 26.9. The van der Waals surface area contributed by atoms with Crippen LogP contribution in [0.1, 0.15) is 148 Å². The molecular formula is C39H59NO. The highest BCUT2D eigenvalue weighted by Crippen LogP contribution is 2.46. The summed E-state index contributed by atoms with van der Waals surface area (Å²) in [7, 11) is 0. The molecule has 1 unspecified atom stereocenters. The molecule has 0 aliphatic heterocycles. The molecule has 0 amide bonds. The molecule has 1 fully saturated rings. The minimum absolute atomic E-state index is 0.0964. The molecule has 1 saturated carbocycles. The molecule has 3 rings (SSSR count).